The summed E-state index contributed by atoms with van der Waals surface area (Å²) in [6, 6.07) is 6.74. The largest absolute Gasteiger partial charge is 0.335 e. The fourth-order valence-corrected chi connectivity index (χ4v) is 3.49. The lowest BCUT2D eigenvalue weighted by atomic mass is 10.2. The van der Waals surface area contributed by atoms with Gasteiger partial charge in [-0.05, 0) is 24.3 Å². The van der Waals surface area contributed by atoms with E-state index in [0.29, 0.717) is 11.1 Å². The van der Waals surface area contributed by atoms with E-state index in [1.807, 2.05) is 29.9 Å². The number of thiazole rings is 1. The third-order valence-electron chi connectivity index (χ3n) is 3.88. The number of hydrogen-bond donors (Lipinski definition) is 1. The fraction of sp³-hybridized carbons (Fsp3) is 0.0556. The number of fused-ring (bicyclic) bond motifs is 1. The molecule has 3 heterocycles. The summed E-state index contributed by atoms with van der Waals surface area (Å²) in [5.74, 6) is -2.11. The average molecular weight is 370 g/mol. The van der Waals surface area contributed by atoms with Gasteiger partial charge in [0.15, 0.2) is 0 Å². The van der Waals surface area contributed by atoms with Crippen molar-refractivity contribution in [2.75, 3.05) is 5.32 Å². The standard InChI is InChI=1S/C18H12F2N4OS/c1-24-8-12(11-3-2-6-21-16(11)24)18-23-15(9-26-18)17(25)22-14-5-4-10(19)7-13(14)20/h2-9H,1H3,(H,22,25). The molecule has 0 spiro atoms. The van der Waals surface area contributed by atoms with Gasteiger partial charge in [-0.2, -0.15) is 0 Å². The van der Waals surface area contributed by atoms with E-state index >= 15 is 0 Å². The van der Waals surface area contributed by atoms with Gasteiger partial charge in [-0.15, -0.1) is 11.3 Å². The highest BCUT2D eigenvalue weighted by molar-refractivity contribution is 7.13. The number of rotatable bonds is 3. The second-order valence-electron chi connectivity index (χ2n) is 5.64. The van der Waals surface area contributed by atoms with Crippen molar-refractivity contribution in [3.63, 3.8) is 0 Å². The smallest absolute Gasteiger partial charge is 0.275 e. The van der Waals surface area contributed by atoms with Gasteiger partial charge < -0.3 is 9.88 Å². The molecule has 4 aromatic rings. The first-order chi connectivity index (χ1) is 12.5. The van der Waals surface area contributed by atoms with Crippen LogP contribution >= 0.6 is 11.3 Å². The first-order valence-corrected chi connectivity index (χ1v) is 8.53. The Morgan fingerprint density at radius 1 is 1.27 bits per heavy atom. The predicted octanol–water partition coefficient (Wildman–Crippen LogP) is 4.23. The number of hydrogen-bond acceptors (Lipinski definition) is 4. The molecule has 0 saturated heterocycles. The molecule has 0 saturated carbocycles. The molecular formula is C18H12F2N4OS. The first-order valence-electron chi connectivity index (χ1n) is 7.65. The van der Waals surface area contributed by atoms with E-state index in [1.54, 1.807) is 11.6 Å². The van der Waals surface area contributed by atoms with E-state index in [-0.39, 0.29) is 11.4 Å². The van der Waals surface area contributed by atoms with Crippen molar-refractivity contribution in [2.45, 2.75) is 0 Å². The summed E-state index contributed by atoms with van der Waals surface area (Å²) in [6.45, 7) is 0. The number of aromatic nitrogens is 3. The number of amides is 1. The predicted molar refractivity (Wildman–Crippen MR) is 96.1 cm³/mol. The molecule has 0 aliphatic heterocycles. The van der Waals surface area contributed by atoms with Gasteiger partial charge in [-0.25, -0.2) is 18.7 Å². The number of nitrogens with zero attached hydrogens (tertiary/aromatic N) is 3. The quantitative estimate of drug-likeness (QED) is 0.587. The fourth-order valence-electron chi connectivity index (χ4n) is 2.66. The Balaban J connectivity index is 1.64. The third kappa shape index (κ3) is 2.84. The number of halogens is 2. The van der Waals surface area contributed by atoms with Crippen LogP contribution in [0.2, 0.25) is 0 Å². The second kappa shape index (κ2) is 6.30. The van der Waals surface area contributed by atoms with Crippen LogP contribution in [0.15, 0.2) is 48.1 Å². The van der Waals surface area contributed by atoms with Crippen molar-refractivity contribution in [2.24, 2.45) is 7.05 Å². The van der Waals surface area contributed by atoms with Gasteiger partial charge in [0.05, 0.1) is 5.69 Å². The highest BCUT2D eigenvalue weighted by Crippen LogP contribution is 2.31. The maximum absolute atomic E-state index is 13.7. The lowest BCUT2D eigenvalue weighted by Gasteiger charge is -2.04. The molecule has 1 N–H and O–H groups in total. The van der Waals surface area contributed by atoms with Crippen molar-refractivity contribution >= 4 is 34.0 Å². The lowest BCUT2D eigenvalue weighted by Crippen LogP contribution is -2.13. The number of anilines is 1. The Morgan fingerprint density at radius 3 is 2.92 bits per heavy atom. The summed E-state index contributed by atoms with van der Waals surface area (Å²) in [5.41, 5.74) is 1.75. The summed E-state index contributed by atoms with van der Waals surface area (Å²) in [6.07, 6.45) is 3.61. The molecule has 1 amide bonds. The van der Waals surface area contributed by atoms with Crippen LogP contribution in [0.4, 0.5) is 14.5 Å². The summed E-state index contributed by atoms with van der Waals surface area (Å²) < 4.78 is 28.5. The van der Waals surface area contributed by atoms with E-state index in [9.17, 15) is 13.6 Å². The van der Waals surface area contributed by atoms with Crippen molar-refractivity contribution in [1.82, 2.24) is 14.5 Å². The summed E-state index contributed by atoms with van der Waals surface area (Å²) >= 11 is 1.31. The monoisotopic (exact) mass is 370 g/mol. The number of nitrogens with one attached hydrogen (secondary N) is 1. The molecule has 0 aliphatic carbocycles. The molecule has 0 aliphatic rings. The highest BCUT2D eigenvalue weighted by Gasteiger charge is 2.17. The maximum atomic E-state index is 13.7. The van der Waals surface area contributed by atoms with Gasteiger partial charge in [0.2, 0.25) is 0 Å². The van der Waals surface area contributed by atoms with Gasteiger partial charge in [0.25, 0.3) is 5.91 Å². The zero-order valence-corrected chi connectivity index (χ0v) is 14.3. The number of benzene rings is 1. The minimum atomic E-state index is -0.839. The molecule has 0 unspecified atom stereocenters. The topological polar surface area (TPSA) is 59.8 Å². The minimum Gasteiger partial charge on any atom is -0.335 e. The van der Waals surface area contributed by atoms with Crippen molar-refractivity contribution in [3.8, 4) is 10.6 Å². The molecule has 0 atom stereocenters. The molecule has 0 radical (unpaired) electrons. The van der Waals surface area contributed by atoms with Crippen LogP contribution in [0.25, 0.3) is 21.6 Å². The van der Waals surface area contributed by atoms with Crippen molar-refractivity contribution in [1.29, 1.82) is 0 Å². The van der Waals surface area contributed by atoms with Crippen molar-refractivity contribution in [3.05, 3.63) is 65.4 Å². The zero-order chi connectivity index (χ0) is 18.3. The zero-order valence-electron chi connectivity index (χ0n) is 13.5. The number of aryl methyl sites for hydroxylation is 1. The van der Waals surface area contributed by atoms with Crippen LogP contribution in [-0.4, -0.2) is 20.4 Å². The van der Waals surface area contributed by atoms with Crippen LogP contribution in [0.3, 0.4) is 0 Å². The van der Waals surface area contributed by atoms with Gasteiger partial charge in [0.1, 0.15) is 28.0 Å². The van der Waals surface area contributed by atoms with Crippen LogP contribution in [-0.2, 0) is 7.05 Å². The minimum absolute atomic E-state index is 0.0969. The van der Waals surface area contributed by atoms with E-state index in [1.165, 1.54) is 17.4 Å². The Kier molecular flexibility index (Phi) is 3.96. The molecule has 0 fully saturated rings. The first kappa shape index (κ1) is 16.3. The Labute approximate surface area is 150 Å². The van der Waals surface area contributed by atoms with E-state index in [4.69, 9.17) is 0 Å². The normalized spacial score (nSPS) is 11.0. The third-order valence-corrected chi connectivity index (χ3v) is 4.76. The molecule has 4 rings (SSSR count). The van der Waals surface area contributed by atoms with Crippen LogP contribution in [0.5, 0.6) is 0 Å². The van der Waals surface area contributed by atoms with Gasteiger partial charge in [-0.1, -0.05) is 0 Å². The lowest BCUT2D eigenvalue weighted by molar-refractivity contribution is 0.102. The molecule has 3 aromatic heterocycles. The second-order valence-corrected chi connectivity index (χ2v) is 6.50. The van der Waals surface area contributed by atoms with Crippen LogP contribution in [0.1, 0.15) is 10.5 Å². The number of pyridine rings is 1. The summed E-state index contributed by atoms with van der Waals surface area (Å²) in [4.78, 5) is 21.0. The molecule has 26 heavy (non-hydrogen) atoms. The average Bonchev–Trinajstić information content (AvgIpc) is 3.23. The van der Waals surface area contributed by atoms with Crippen LogP contribution in [0, 0.1) is 11.6 Å². The number of carbonyl (C=O) groups is 1. The summed E-state index contributed by atoms with van der Waals surface area (Å²) in [7, 11) is 1.89. The van der Waals surface area contributed by atoms with Crippen LogP contribution < -0.4 is 5.32 Å². The summed E-state index contributed by atoms with van der Waals surface area (Å²) in [5, 5.41) is 5.60. The van der Waals surface area contributed by atoms with Gasteiger partial charge >= 0.3 is 0 Å². The molecule has 5 nitrogen and oxygen atoms in total. The van der Waals surface area contributed by atoms with E-state index < -0.39 is 17.5 Å². The van der Waals surface area contributed by atoms with E-state index in [2.05, 4.69) is 15.3 Å². The van der Waals surface area contributed by atoms with E-state index in [0.717, 1.165) is 22.7 Å². The SMILES string of the molecule is Cn1cc(-c2nc(C(=O)Nc3ccc(F)cc3F)cs2)c2cccnc21. The molecule has 130 valence electrons. The maximum Gasteiger partial charge on any atom is 0.275 e. The van der Waals surface area contributed by atoms with Gasteiger partial charge in [-0.3, -0.25) is 4.79 Å². The number of carbonyl (C=O) groups excluding carboxylic acids is 1. The molecule has 8 heteroatoms. The Hall–Kier alpha value is -3.13. The Bertz CT molecular complexity index is 1140. The Morgan fingerprint density at radius 2 is 2.12 bits per heavy atom. The van der Waals surface area contributed by atoms with Crippen molar-refractivity contribution < 1.29 is 13.6 Å². The molecule has 0 bridgehead atoms. The molecular weight excluding hydrogens is 358 g/mol. The molecule has 1 aromatic carbocycles. The highest BCUT2D eigenvalue weighted by atomic mass is 32.1. The van der Waals surface area contributed by atoms with Gasteiger partial charge in [0, 0.05) is 41.8 Å².